The maximum absolute atomic E-state index is 13.4. The summed E-state index contributed by atoms with van der Waals surface area (Å²) in [6, 6.07) is 29.5. The highest BCUT2D eigenvalue weighted by Crippen LogP contribution is 2.26. The highest BCUT2D eigenvalue weighted by molar-refractivity contribution is 6.10. The molecule has 4 rings (SSSR count). The van der Waals surface area contributed by atoms with Crippen molar-refractivity contribution in [3.05, 3.63) is 119 Å². The second-order valence-electron chi connectivity index (χ2n) is 8.93. The Morgan fingerprint density at radius 3 is 2.13 bits per heavy atom. The lowest BCUT2D eigenvalue weighted by Gasteiger charge is -2.24. The molecule has 6 heteroatoms. The quantitative estimate of drug-likeness (QED) is 0.279. The molecule has 0 aliphatic carbocycles. The Kier molecular flexibility index (Phi) is 8.34. The van der Waals surface area contributed by atoms with Gasteiger partial charge in [0.2, 0.25) is 0 Å². The average molecular weight is 507 g/mol. The molecule has 0 spiro atoms. The van der Waals surface area contributed by atoms with E-state index in [0.29, 0.717) is 22.5 Å². The summed E-state index contributed by atoms with van der Waals surface area (Å²) in [5.74, 6) is -1.07. The van der Waals surface area contributed by atoms with Gasteiger partial charge in [0.1, 0.15) is 6.54 Å². The van der Waals surface area contributed by atoms with Crippen LogP contribution in [0.25, 0.3) is 11.1 Å². The molecule has 4 aromatic rings. The van der Waals surface area contributed by atoms with E-state index in [1.165, 1.54) is 4.90 Å². The third kappa shape index (κ3) is 6.16. The summed E-state index contributed by atoms with van der Waals surface area (Å²) in [5, 5.41) is 2.93. The highest BCUT2D eigenvalue weighted by Gasteiger charge is 2.23. The topological polar surface area (TPSA) is 75.7 Å². The maximum atomic E-state index is 13.4. The molecule has 0 radical (unpaired) electrons. The molecule has 4 aromatic carbocycles. The summed E-state index contributed by atoms with van der Waals surface area (Å²) in [5.41, 5.74) is 5.93. The largest absolute Gasteiger partial charge is 0.465 e. The van der Waals surface area contributed by atoms with E-state index in [1.54, 1.807) is 43.3 Å². The fourth-order valence-corrected chi connectivity index (χ4v) is 4.18. The van der Waals surface area contributed by atoms with Crippen LogP contribution in [0, 0.1) is 13.8 Å². The minimum Gasteiger partial charge on any atom is -0.465 e. The van der Waals surface area contributed by atoms with Crippen LogP contribution in [0.2, 0.25) is 0 Å². The number of carbonyl (C=O) groups excluding carboxylic acids is 3. The normalized spacial score (nSPS) is 10.5. The summed E-state index contributed by atoms with van der Waals surface area (Å²) in [6.45, 7) is 5.66. The van der Waals surface area contributed by atoms with Crippen LogP contribution in [-0.2, 0) is 9.53 Å². The molecule has 0 saturated carbocycles. The molecule has 0 atom stereocenters. The van der Waals surface area contributed by atoms with Crippen molar-refractivity contribution in [3.63, 3.8) is 0 Å². The number of esters is 1. The van der Waals surface area contributed by atoms with E-state index in [-0.39, 0.29) is 25.0 Å². The van der Waals surface area contributed by atoms with Gasteiger partial charge in [-0.1, -0.05) is 66.2 Å². The lowest BCUT2D eigenvalue weighted by atomic mass is 9.98. The van der Waals surface area contributed by atoms with Crippen molar-refractivity contribution in [2.24, 2.45) is 0 Å². The number of ether oxygens (including phenoxy) is 1. The molecule has 0 aliphatic heterocycles. The van der Waals surface area contributed by atoms with E-state index in [1.807, 2.05) is 74.5 Å². The van der Waals surface area contributed by atoms with Gasteiger partial charge in [-0.3, -0.25) is 19.3 Å². The second kappa shape index (κ2) is 12.0. The minimum absolute atomic E-state index is 0.203. The summed E-state index contributed by atoms with van der Waals surface area (Å²) in [4.78, 5) is 40.3. The predicted molar refractivity (Wildman–Crippen MR) is 150 cm³/mol. The van der Waals surface area contributed by atoms with E-state index in [2.05, 4.69) is 5.32 Å². The molecule has 0 heterocycles. The first-order valence-corrected chi connectivity index (χ1v) is 12.5. The van der Waals surface area contributed by atoms with Gasteiger partial charge in [0.25, 0.3) is 11.8 Å². The zero-order valence-electron chi connectivity index (χ0n) is 21.7. The van der Waals surface area contributed by atoms with E-state index < -0.39 is 5.97 Å². The van der Waals surface area contributed by atoms with Crippen molar-refractivity contribution in [3.8, 4) is 11.1 Å². The lowest BCUT2D eigenvalue weighted by molar-refractivity contribution is -0.141. The molecular weight excluding hydrogens is 476 g/mol. The van der Waals surface area contributed by atoms with E-state index in [4.69, 9.17) is 4.74 Å². The Bertz CT molecular complexity index is 1440. The molecule has 0 aliphatic rings. The zero-order valence-corrected chi connectivity index (χ0v) is 21.7. The van der Waals surface area contributed by atoms with Crippen LogP contribution >= 0.6 is 0 Å². The summed E-state index contributed by atoms with van der Waals surface area (Å²) >= 11 is 0. The SMILES string of the molecule is CCOC(=O)CN(C(=O)c1ccc(NC(=O)c2ccccc2-c2ccc(C)cc2)cc1)c1ccccc1C. The smallest absolute Gasteiger partial charge is 0.326 e. The van der Waals surface area contributed by atoms with Gasteiger partial charge in [-0.15, -0.1) is 0 Å². The molecule has 0 saturated heterocycles. The Morgan fingerprint density at radius 1 is 0.789 bits per heavy atom. The predicted octanol–water partition coefficient (Wildman–Crippen LogP) is 6.43. The first-order valence-electron chi connectivity index (χ1n) is 12.5. The summed E-state index contributed by atoms with van der Waals surface area (Å²) in [7, 11) is 0. The standard InChI is InChI=1S/C32H30N2O4/c1-4-38-30(35)21-34(29-12-8-5-9-23(29)3)32(37)25-17-19-26(20-18-25)33-31(36)28-11-7-6-10-27(28)24-15-13-22(2)14-16-24/h5-20H,4,21H2,1-3H3,(H,33,36). The molecule has 1 N–H and O–H groups in total. The third-order valence-corrected chi connectivity index (χ3v) is 6.17. The van der Waals surface area contributed by atoms with Crippen LogP contribution in [0.1, 0.15) is 38.8 Å². The number of rotatable bonds is 8. The van der Waals surface area contributed by atoms with Crippen molar-refractivity contribution < 1.29 is 19.1 Å². The fraction of sp³-hybridized carbons (Fsp3) is 0.156. The van der Waals surface area contributed by atoms with Gasteiger partial charge in [-0.25, -0.2) is 0 Å². The van der Waals surface area contributed by atoms with Crippen molar-refractivity contribution >= 4 is 29.2 Å². The minimum atomic E-state index is -0.486. The summed E-state index contributed by atoms with van der Waals surface area (Å²) < 4.78 is 5.09. The van der Waals surface area contributed by atoms with Crippen molar-refractivity contribution in [1.82, 2.24) is 0 Å². The Hall–Kier alpha value is -4.71. The van der Waals surface area contributed by atoms with Crippen molar-refractivity contribution in [2.45, 2.75) is 20.8 Å². The van der Waals surface area contributed by atoms with Crippen LogP contribution in [0.3, 0.4) is 0 Å². The van der Waals surface area contributed by atoms with E-state index in [0.717, 1.165) is 22.3 Å². The molecule has 192 valence electrons. The van der Waals surface area contributed by atoms with Crippen molar-refractivity contribution in [2.75, 3.05) is 23.4 Å². The monoisotopic (exact) mass is 506 g/mol. The summed E-state index contributed by atoms with van der Waals surface area (Å²) in [6.07, 6.45) is 0. The molecule has 0 fully saturated rings. The molecular formula is C32H30N2O4. The number of hydrogen-bond donors (Lipinski definition) is 1. The number of hydrogen-bond acceptors (Lipinski definition) is 4. The first-order chi connectivity index (χ1) is 18.4. The van der Waals surface area contributed by atoms with Gasteiger partial charge in [-0.2, -0.15) is 0 Å². The Labute approximate surface area is 222 Å². The zero-order chi connectivity index (χ0) is 27.1. The molecule has 0 bridgehead atoms. The fourth-order valence-electron chi connectivity index (χ4n) is 4.18. The number of aryl methyl sites for hydroxylation is 2. The number of carbonyl (C=O) groups is 3. The number of nitrogens with zero attached hydrogens (tertiary/aromatic N) is 1. The van der Waals surface area contributed by atoms with Crippen LogP contribution < -0.4 is 10.2 Å². The Morgan fingerprint density at radius 2 is 1.45 bits per heavy atom. The number of nitrogens with one attached hydrogen (secondary N) is 1. The van der Waals surface area contributed by atoms with Gasteiger partial charge < -0.3 is 10.1 Å². The van der Waals surface area contributed by atoms with E-state index >= 15 is 0 Å². The number of para-hydroxylation sites is 1. The first kappa shape index (κ1) is 26.4. The lowest BCUT2D eigenvalue weighted by Crippen LogP contribution is -2.37. The van der Waals surface area contributed by atoms with Gasteiger partial charge in [0, 0.05) is 22.5 Å². The molecule has 0 aromatic heterocycles. The second-order valence-corrected chi connectivity index (χ2v) is 8.93. The van der Waals surface area contributed by atoms with Gasteiger partial charge in [-0.05, 0) is 73.9 Å². The maximum Gasteiger partial charge on any atom is 0.326 e. The van der Waals surface area contributed by atoms with Crippen LogP contribution in [0.5, 0.6) is 0 Å². The van der Waals surface area contributed by atoms with Gasteiger partial charge >= 0.3 is 5.97 Å². The van der Waals surface area contributed by atoms with E-state index in [9.17, 15) is 14.4 Å². The van der Waals surface area contributed by atoms with Crippen LogP contribution in [0.4, 0.5) is 11.4 Å². The average Bonchev–Trinajstić information content (AvgIpc) is 2.93. The number of anilines is 2. The number of amides is 2. The van der Waals surface area contributed by atoms with Gasteiger partial charge in [0.05, 0.1) is 6.61 Å². The van der Waals surface area contributed by atoms with Gasteiger partial charge in [0.15, 0.2) is 0 Å². The third-order valence-electron chi connectivity index (χ3n) is 6.17. The molecule has 38 heavy (non-hydrogen) atoms. The number of benzene rings is 4. The highest BCUT2D eigenvalue weighted by atomic mass is 16.5. The van der Waals surface area contributed by atoms with Crippen LogP contribution in [0.15, 0.2) is 97.1 Å². The van der Waals surface area contributed by atoms with Crippen LogP contribution in [-0.4, -0.2) is 30.9 Å². The van der Waals surface area contributed by atoms with Crippen molar-refractivity contribution in [1.29, 1.82) is 0 Å². The Balaban J connectivity index is 1.54. The molecule has 2 amide bonds. The molecule has 6 nitrogen and oxygen atoms in total. The molecule has 0 unspecified atom stereocenters.